The molecule has 16 heavy (non-hydrogen) atoms. The lowest BCUT2D eigenvalue weighted by molar-refractivity contribution is 0.175. The second-order valence-electron chi connectivity index (χ2n) is 5.63. The predicted octanol–water partition coefficient (Wildman–Crippen LogP) is 1.75. The van der Waals surface area contributed by atoms with Gasteiger partial charge in [-0.2, -0.15) is 5.26 Å². The number of hydrogen-bond acceptors (Lipinski definition) is 3. The van der Waals surface area contributed by atoms with Crippen molar-refractivity contribution >= 4 is 0 Å². The van der Waals surface area contributed by atoms with E-state index in [1.807, 2.05) is 6.92 Å². The Kier molecular flexibility index (Phi) is 3.51. The van der Waals surface area contributed by atoms with Crippen molar-refractivity contribution in [1.82, 2.24) is 10.2 Å². The molecule has 0 aromatic rings. The van der Waals surface area contributed by atoms with Crippen LogP contribution in [0.15, 0.2) is 0 Å². The van der Waals surface area contributed by atoms with Gasteiger partial charge in [0.25, 0.3) is 0 Å². The molecule has 2 aliphatic rings. The summed E-state index contributed by atoms with van der Waals surface area (Å²) >= 11 is 0. The maximum absolute atomic E-state index is 9.30. The molecule has 1 aliphatic heterocycles. The summed E-state index contributed by atoms with van der Waals surface area (Å²) in [5.74, 6) is 0.916. The van der Waals surface area contributed by atoms with Crippen molar-refractivity contribution in [2.45, 2.75) is 51.1 Å². The van der Waals surface area contributed by atoms with Gasteiger partial charge in [-0.15, -0.1) is 0 Å². The van der Waals surface area contributed by atoms with E-state index in [1.165, 1.54) is 25.8 Å². The van der Waals surface area contributed by atoms with Crippen molar-refractivity contribution in [2.24, 2.45) is 5.92 Å². The van der Waals surface area contributed by atoms with Gasteiger partial charge >= 0.3 is 0 Å². The minimum atomic E-state index is -0.361. The van der Waals surface area contributed by atoms with Crippen LogP contribution in [0.3, 0.4) is 0 Å². The number of piperidine rings is 1. The summed E-state index contributed by atoms with van der Waals surface area (Å²) in [6.07, 6.45) is 5.21. The quantitative estimate of drug-likeness (QED) is 0.769. The van der Waals surface area contributed by atoms with Crippen LogP contribution in [0.2, 0.25) is 0 Å². The standard InChI is InChI=1S/C13H23N3/c1-3-6-15-13(2,9-14)10-16-8-11-4-5-12(16)7-11/h11-12,15H,3-8,10H2,1-2H3. The third-order valence-electron chi connectivity index (χ3n) is 4.05. The number of fused-ring (bicyclic) bond motifs is 2. The Balaban J connectivity index is 1.89. The molecular formula is C13H23N3. The Morgan fingerprint density at radius 3 is 2.81 bits per heavy atom. The number of rotatable bonds is 5. The Bertz CT molecular complexity index is 283. The maximum atomic E-state index is 9.30. The molecule has 1 heterocycles. The van der Waals surface area contributed by atoms with E-state index in [9.17, 15) is 5.26 Å². The Morgan fingerprint density at radius 2 is 2.31 bits per heavy atom. The highest BCUT2D eigenvalue weighted by atomic mass is 15.2. The molecule has 90 valence electrons. The van der Waals surface area contributed by atoms with Gasteiger partial charge < -0.3 is 0 Å². The highest BCUT2D eigenvalue weighted by Crippen LogP contribution is 2.37. The van der Waals surface area contributed by atoms with Gasteiger partial charge in [0.15, 0.2) is 0 Å². The van der Waals surface area contributed by atoms with Crippen LogP contribution in [0.5, 0.6) is 0 Å². The van der Waals surface area contributed by atoms with Gasteiger partial charge in [-0.3, -0.25) is 10.2 Å². The summed E-state index contributed by atoms with van der Waals surface area (Å²) in [5.41, 5.74) is -0.361. The average Bonchev–Trinajstić information content (AvgIpc) is 2.88. The van der Waals surface area contributed by atoms with E-state index < -0.39 is 0 Å². The molecule has 3 heteroatoms. The molecule has 1 aliphatic carbocycles. The van der Waals surface area contributed by atoms with E-state index in [1.54, 1.807) is 0 Å². The second kappa shape index (κ2) is 4.73. The second-order valence-corrected chi connectivity index (χ2v) is 5.63. The smallest absolute Gasteiger partial charge is 0.116 e. The minimum Gasteiger partial charge on any atom is -0.299 e. The van der Waals surface area contributed by atoms with Crippen molar-refractivity contribution in [2.75, 3.05) is 19.6 Å². The fraction of sp³-hybridized carbons (Fsp3) is 0.923. The van der Waals surface area contributed by atoms with Crippen molar-refractivity contribution in [3.05, 3.63) is 0 Å². The third-order valence-corrected chi connectivity index (χ3v) is 4.05. The summed E-state index contributed by atoms with van der Waals surface area (Å²) in [5, 5.41) is 12.7. The van der Waals surface area contributed by atoms with Crippen molar-refractivity contribution in [3.8, 4) is 6.07 Å². The maximum Gasteiger partial charge on any atom is 0.116 e. The summed E-state index contributed by atoms with van der Waals surface area (Å²) in [4.78, 5) is 2.53. The van der Waals surface area contributed by atoms with Crippen molar-refractivity contribution in [3.63, 3.8) is 0 Å². The molecule has 3 atom stereocenters. The zero-order chi connectivity index (χ0) is 11.6. The Labute approximate surface area is 98.8 Å². The molecule has 0 spiro atoms. The van der Waals surface area contributed by atoms with Gasteiger partial charge in [-0.1, -0.05) is 6.92 Å². The summed E-state index contributed by atoms with van der Waals surface area (Å²) < 4.78 is 0. The number of nitrogens with one attached hydrogen (secondary N) is 1. The monoisotopic (exact) mass is 221 g/mol. The molecular weight excluding hydrogens is 198 g/mol. The zero-order valence-electron chi connectivity index (χ0n) is 10.5. The molecule has 2 rings (SSSR count). The van der Waals surface area contributed by atoms with E-state index in [-0.39, 0.29) is 5.54 Å². The molecule has 3 unspecified atom stereocenters. The number of hydrogen-bond donors (Lipinski definition) is 1. The molecule has 2 fully saturated rings. The first-order valence-corrected chi connectivity index (χ1v) is 6.57. The van der Waals surface area contributed by atoms with Crippen LogP contribution in [0, 0.1) is 17.2 Å². The summed E-state index contributed by atoms with van der Waals surface area (Å²) in [6, 6.07) is 3.21. The fourth-order valence-corrected chi connectivity index (χ4v) is 3.16. The van der Waals surface area contributed by atoms with Gasteiger partial charge in [-0.05, 0) is 45.1 Å². The first kappa shape index (κ1) is 11.9. The lowest BCUT2D eigenvalue weighted by Gasteiger charge is -2.34. The first-order chi connectivity index (χ1) is 7.67. The Morgan fingerprint density at radius 1 is 1.50 bits per heavy atom. The average molecular weight is 221 g/mol. The molecule has 1 saturated heterocycles. The van der Waals surface area contributed by atoms with E-state index in [2.05, 4.69) is 23.2 Å². The number of likely N-dealkylation sites (tertiary alicyclic amines) is 1. The van der Waals surface area contributed by atoms with Crippen LogP contribution >= 0.6 is 0 Å². The first-order valence-electron chi connectivity index (χ1n) is 6.57. The van der Waals surface area contributed by atoms with Crippen LogP contribution in [-0.4, -0.2) is 36.1 Å². The molecule has 1 saturated carbocycles. The number of nitriles is 1. The van der Waals surface area contributed by atoms with Crippen LogP contribution < -0.4 is 5.32 Å². The fourth-order valence-electron chi connectivity index (χ4n) is 3.16. The SMILES string of the molecule is CCCNC(C)(C#N)CN1CC2CCC1C2. The van der Waals surface area contributed by atoms with Crippen LogP contribution in [0.25, 0.3) is 0 Å². The van der Waals surface area contributed by atoms with E-state index in [0.717, 1.165) is 31.5 Å². The lowest BCUT2D eigenvalue weighted by atomic mass is 10.0. The molecule has 0 aromatic carbocycles. The lowest BCUT2D eigenvalue weighted by Crippen LogP contribution is -2.52. The van der Waals surface area contributed by atoms with Gasteiger partial charge in [0.1, 0.15) is 5.54 Å². The van der Waals surface area contributed by atoms with Crippen LogP contribution in [-0.2, 0) is 0 Å². The highest BCUT2D eigenvalue weighted by Gasteiger charge is 2.40. The van der Waals surface area contributed by atoms with Gasteiger partial charge in [0.05, 0.1) is 6.07 Å². The zero-order valence-corrected chi connectivity index (χ0v) is 10.5. The van der Waals surface area contributed by atoms with Gasteiger partial charge in [0.2, 0.25) is 0 Å². The van der Waals surface area contributed by atoms with Gasteiger partial charge in [0, 0.05) is 19.1 Å². The van der Waals surface area contributed by atoms with Crippen LogP contribution in [0.4, 0.5) is 0 Å². The largest absolute Gasteiger partial charge is 0.299 e. The molecule has 0 amide bonds. The highest BCUT2D eigenvalue weighted by molar-refractivity contribution is 5.08. The van der Waals surface area contributed by atoms with E-state index in [4.69, 9.17) is 0 Å². The molecule has 1 N–H and O–H groups in total. The van der Waals surface area contributed by atoms with Gasteiger partial charge in [-0.25, -0.2) is 0 Å². The van der Waals surface area contributed by atoms with Crippen molar-refractivity contribution < 1.29 is 0 Å². The Hall–Kier alpha value is -0.590. The molecule has 0 aromatic heterocycles. The normalized spacial score (nSPS) is 32.6. The minimum absolute atomic E-state index is 0.361. The molecule has 2 bridgehead atoms. The predicted molar refractivity (Wildman–Crippen MR) is 65.0 cm³/mol. The molecule has 3 nitrogen and oxygen atoms in total. The summed E-state index contributed by atoms with van der Waals surface area (Å²) in [7, 11) is 0. The van der Waals surface area contributed by atoms with Crippen LogP contribution in [0.1, 0.15) is 39.5 Å². The summed E-state index contributed by atoms with van der Waals surface area (Å²) in [6.45, 7) is 7.23. The third kappa shape index (κ3) is 2.39. The number of nitrogens with zero attached hydrogens (tertiary/aromatic N) is 2. The topological polar surface area (TPSA) is 39.1 Å². The van der Waals surface area contributed by atoms with E-state index >= 15 is 0 Å². The van der Waals surface area contributed by atoms with E-state index in [0.29, 0.717) is 0 Å². The van der Waals surface area contributed by atoms with Crippen molar-refractivity contribution in [1.29, 1.82) is 5.26 Å². The molecule has 0 radical (unpaired) electrons.